The quantitative estimate of drug-likeness (QED) is 0.480. The standard InChI is InChI=1S/C22H29ClN2O5S/c1-4-14-30-20-10-6-5-8-17(20)9-7-13-24-22(26)16-25(31(3,27)28)19-15-18(23)11-12-21(19)29-2/h5-6,8,10-12,15H,4,7,9,13-14,16H2,1-3H3,(H,24,26). The van der Waals surface area contributed by atoms with E-state index >= 15 is 0 Å². The first-order chi connectivity index (χ1) is 14.8. The second-order valence-electron chi connectivity index (χ2n) is 7.00. The van der Waals surface area contributed by atoms with Crippen molar-refractivity contribution in [2.75, 3.05) is 37.4 Å². The normalized spacial score (nSPS) is 11.1. The molecule has 0 spiro atoms. The molecule has 0 atom stereocenters. The Balaban J connectivity index is 1.97. The average Bonchev–Trinajstić information content (AvgIpc) is 2.73. The minimum absolute atomic E-state index is 0.217. The first-order valence-electron chi connectivity index (χ1n) is 10.0. The number of hydrogen-bond acceptors (Lipinski definition) is 5. The van der Waals surface area contributed by atoms with Crippen molar-refractivity contribution in [1.82, 2.24) is 5.32 Å². The molecule has 2 aromatic carbocycles. The zero-order chi connectivity index (χ0) is 22.9. The highest BCUT2D eigenvalue weighted by Gasteiger charge is 2.24. The summed E-state index contributed by atoms with van der Waals surface area (Å²) in [6.07, 6.45) is 3.39. The van der Waals surface area contributed by atoms with Gasteiger partial charge in [0.1, 0.15) is 18.0 Å². The number of halogens is 1. The summed E-state index contributed by atoms with van der Waals surface area (Å²) in [4.78, 5) is 12.5. The van der Waals surface area contributed by atoms with E-state index in [-0.39, 0.29) is 12.2 Å². The molecule has 0 unspecified atom stereocenters. The number of para-hydroxylation sites is 1. The molecule has 0 aliphatic carbocycles. The van der Waals surface area contributed by atoms with Crippen molar-refractivity contribution < 1.29 is 22.7 Å². The van der Waals surface area contributed by atoms with Gasteiger partial charge in [-0.3, -0.25) is 9.10 Å². The predicted molar refractivity (Wildman–Crippen MR) is 124 cm³/mol. The smallest absolute Gasteiger partial charge is 0.240 e. The number of carbonyl (C=O) groups is 1. The fraction of sp³-hybridized carbons (Fsp3) is 0.409. The summed E-state index contributed by atoms with van der Waals surface area (Å²) in [6.45, 7) is 2.75. The van der Waals surface area contributed by atoms with Crippen LogP contribution in [-0.2, 0) is 21.2 Å². The maximum atomic E-state index is 12.5. The number of carbonyl (C=O) groups excluding carboxylic acids is 1. The zero-order valence-electron chi connectivity index (χ0n) is 18.1. The number of nitrogens with one attached hydrogen (secondary N) is 1. The Kier molecular flexibility index (Phi) is 9.45. The van der Waals surface area contributed by atoms with Gasteiger partial charge in [-0.05, 0) is 49.1 Å². The van der Waals surface area contributed by atoms with Gasteiger partial charge in [0.05, 0.1) is 25.7 Å². The monoisotopic (exact) mass is 468 g/mol. The van der Waals surface area contributed by atoms with Crippen LogP contribution in [0.3, 0.4) is 0 Å². The third-order valence-electron chi connectivity index (χ3n) is 4.48. The number of sulfonamides is 1. The van der Waals surface area contributed by atoms with Crippen LogP contribution in [0, 0.1) is 0 Å². The van der Waals surface area contributed by atoms with Gasteiger partial charge in [0.15, 0.2) is 0 Å². The molecule has 9 heteroatoms. The first kappa shape index (κ1) is 24.8. The van der Waals surface area contributed by atoms with E-state index in [4.69, 9.17) is 21.1 Å². The minimum atomic E-state index is -3.73. The topological polar surface area (TPSA) is 84.9 Å². The zero-order valence-corrected chi connectivity index (χ0v) is 19.6. The van der Waals surface area contributed by atoms with Crippen LogP contribution in [0.4, 0.5) is 5.69 Å². The molecule has 0 bridgehead atoms. The predicted octanol–water partition coefficient (Wildman–Crippen LogP) is 3.65. The van der Waals surface area contributed by atoms with Crippen molar-refractivity contribution >= 4 is 33.2 Å². The van der Waals surface area contributed by atoms with Crippen LogP contribution in [0.15, 0.2) is 42.5 Å². The Hall–Kier alpha value is -2.45. The van der Waals surface area contributed by atoms with E-state index in [1.54, 1.807) is 12.1 Å². The van der Waals surface area contributed by atoms with Crippen molar-refractivity contribution in [3.8, 4) is 11.5 Å². The Morgan fingerprint density at radius 3 is 2.58 bits per heavy atom. The number of nitrogens with zero attached hydrogens (tertiary/aromatic N) is 1. The van der Waals surface area contributed by atoms with Crippen LogP contribution in [0.2, 0.25) is 5.02 Å². The first-order valence-corrected chi connectivity index (χ1v) is 12.3. The van der Waals surface area contributed by atoms with Crippen LogP contribution < -0.4 is 19.1 Å². The van der Waals surface area contributed by atoms with Gasteiger partial charge in [-0.25, -0.2) is 8.42 Å². The molecule has 2 rings (SSSR count). The van der Waals surface area contributed by atoms with Crippen LogP contribution in [0.1, 0.15) is 25.3 Å². The fourth-order valence-corrected chi connectivity index (χ4v) is 4.01. The molecule has 7 nitrogen and oxygen atoms in total. The van der Waals surface area contributed by atoms with E-state index in [9.17, 15) is 13.2 Å². The van der Waals surface area contributed by atoms with Gasteiger partial charge in [-0.15, -0.1) is 0 Å². The lowest BCUT2D eigenvalue weighted by molar-refractivity contribution is -0.119. The Morgan fingerprint density at radius 2 is 1.90 bits per heavy atom. The minimum Gasteiger partial charge on any atom is -0.495 e. The molecular weight excluding hydrogens is 440 g/mol. The molecule has 0 saturated carbocycles. The van der Waals surface area contributed by atoms with Crippen LogP contribution >= 0.6 is 11.6 Å². The number of benzene rings is 2. The molecule has 31 heavy (non-hydrogen) atoms. The van der Waals surface area contributed by atoms with Gasteiger partial charge < -0.3 is 14.8 Å². The molecule has 170 valence electrons. The van der Waals surface area contributed by atoms with E-state index in [0.29, 0.717) is 30.3 Å². The summed E-state index contributed by atoms with van der Waals surface area (Å²) in [5.41, 5.74) is 1.29. The Morgan fingerprint density at radius 1 is 1.16 bits per heavy atom. The highest BCUT2D eigenvalue weighted by molar-refractivity contribution is 7.92. The van der Waals surface area contributed by atoms with E-state index in [0.717, 1.165) is 34.7 Å². The molecule has 0 saturated heterocycles. The van der Waals surface area contributed by atoms with Crippen LogP contribution in [0.5, 0.6) is 11.5 Å². The molecule has 1 N–H and O–H groups in total. The summed E-state index contributed by atoms with van der Waals surface area (Å²) < 4.78 is 36.6. The van der Waals surface area contributed by atoms with E-state index in [1.165, 1.54) is 13.2 Å². The molecule has 0 fully saturated rings. The van der Waals surface area contributed by atoms with Crippen molar-refractivity contribution in [3.05, 3.63) is 53.1 Å². The number of amides is 1. The maximum Gasteiger partial charge on any atom is 0.240 e. The van der Waals surface area contributed by atoms with Crippen LogP contribution in [0.25, 0.3) is 0 Å². The second-order valence-corrected chi connectivity index (χ2v) is 9.34. The lowest BCUT2D eigenvalue weighted by atomic mass is 10.1. The highest BCUT2D eigenvalue weighted by Crippen LogP contribution is 2.32. The molecule has 0 heterocycles. The van der Waals surface area contributed by atoms with Gasteiger partial charge in [0.2, 0.25) is 15.9 Å². The van der Waals surface area contributed by atoms with Crippen molar-refractivity contribution in [1.29, 1.82) is 0 Å². The third-order valence-corrected chi connectivity index (χ3v) is 5.84. The summed E-state index contributed by atoms with van der Waals surface area (Å²) in [5, 5.41) is 3.12. The summed E-state index contributed by atoms with van der Waals surface area (Å²) >= 11 is 6.02. The van der Waals surface area contributed by atoms with Gasteiger partial charge in [-0.2, -0.15) is 0 Å². The highest BCUT2D eigenvalue weighted by atomic mass is 35.5. The summed E-state index contributed by atoms with van der Waals surface area (Å²) in [7, 11) is -2.31. The van der Waals surface area contributed by atoms with Crippen LogP contribution in [-0.4, -0.2) is 47.4 Å². The number of rotatable bonds is 12. The summed E-state index contributed by atoms with van der Waals surface area (Å²) in [6, 6.07) is 12.4. The number of methoxy groups -OCH3 is 1. The van der Waals surface area contributed by atoms with Gasteiger partial charge in [0.25, 0.3) is 0 Å². The molecule has 0 aliphatic heterocycles. The Bertz CT molecular complexity index is 982. The van der Waals surface area contributed by atoms with E-state index in [1.807, 2.05) is 24.3 Å². The van der Waals surface area contributed by atoms with Gasteiger partial charge in [0, 0.05) is 11.6 Å². The summed E-state index contributed by atoms with van der Waals surface area (Å²) in [5.74, 6) is 0.751. The third kappa shape index (κ3) is 7.63. The number of ether oxygens (including phenoxy) is 2. The number of aryl methyl sites for hydroxylation is 1. The van der Waals surface area contributed by atoms with Gasteiger partial charge in [-0.1, -0.05) is 36.7 Å². The number of anilines is 1. The molecular formula is C22H29ClN2O5S. The van der Waals surface area contributed by atoms with Gasteiger partial charge >= 0.3 is 0 Å². The second kappa shape index (κ2) is 11.8. The van der Waals surface area contributed by atoms with Crippen molar-refractivity contribution in [2.24, 2.45) is 0 Å². The molecule has 0 radical (unpaired) electrons. The largest absolute Gasteiger partial charge is 0.495 e. The van der Waals surface area contributed by atoms with Crippen molar-refractivity contribution in [3.63, 3.8) is 0 Å². The fourth-order valence-electron chi connectivity index (χ4n) is 3.00. The Labute approximate surface area is 189 Å². The maximum absolute atomic E-state index is 12.5. The lowest BCUT2D eigenvalue weighted by Gasteiger charge is -2.24. The molecule has 0 aliphatic rings. The molecule has 1 amide bonds. The average molecular weight is 469 g/mol. The molecule has 0 aromatic heterocycles. The van der Waals surface area contributed by atoms with Crippen molar-refractivity contribution in [2.45, 2.75) is 26.2 Å². The van der Waals surface area contributed by atoms with E-state index in [2.05, 4.69) is 12.2 Å². The molecule has 2 aromatic rings. The van der Waals surface area contributed by atoms with E-state index < -0.39 is 15.9 Å². The lowest BCUT2D eigenvalue weighted by Crippen LogP contribution is -2.40. The number of hydrogen-bond donors (Lipinski definition) is 1. The SMILES string of the molecule is CCCOc1ccccc1CCCNC(=O)CN(c1cc(Cl)ccc1OC)S(C)(=O)=O.